The van der Waals surface area contributed by atoms with Crippen molar-refractivity contribution >= 4 is 17.2 Å². The van der Waals surface area contributed by atoms with Gasteiger partial charge >= 0.3 is 0 Å². The second-order valence-corrected chi connectivity index (χ2v) is 8.99. The van der Waals surface area contributed by atoms with Crippen LogP contribution in [0.25, 0.3) is 0 Å². The van der Waals surface area contributed by atoms with E-state index in [-0.39, 0.29) is 11.8 Å². The van der Waals surface area contributed by atoms with Crippen LogP contribution in [0.4, 0.5) is 0 Å². The van der Waals surface area contributed by atoms with Gasteiger partial charge < -0.3 is 5.32 Å². The summed E-state index contributed by atoms with van der Waals surface area (Å²) in [4.78, 5) is 20.2. The molecule has 4 nitrogen and oxygen atoms in total. The molecule has 3 fully saturated rings. The van der Waals surface area contributed by atoms with E-state index >= 15 is 0 Å². The predicted octanol–water partition coefficient (Wildman–Crippen LogP) is 2.83. The van der Waals surface area contributed by atoms with Gasteiger partial charge in [0.15, 0.2) is 0 Å². The zero-order chi connectivity index (χ0) is 16.4. The number of fused-ring (bicyclic) bond motifs is 3. The number of carbonyl (C=O) groups is 1. The monoisotopic (exact) mass is 347 g/mol. The molecule has 5 heteroatoms. The standard InChI is InChI=1S/C19H29N3OS/c23-19-15-5-4-6-16(20-19)12-22(11-15)14-18-8-7-17(24-18)13-21-9-2-1-3-10-21/h7-8,15-16H,1-6,9-14H2,(H,20,23)/t15-,16+/m1/s1. The molecule has 1 aromatic heterocycles. The average Bonchev–Trinajstić information content (AvgIpc) is 2.84. The maximum Gasteiger partial charge on any atom is 0.224 e. The van der Waals surface area contributed by atoms with Gasteiger partial charge in [0.05, 0.1) is 5.92 Å². The minimum atomic E-state index is 0.199. The average molecular weight is 348 g/mol. The van der Waals surface area contributed by atoms with Crippen LogP contribution in [0.15, 0.2) is 12.1 Å². The molecule has 0 saturated carbocycles. The lowest BCUT2D eigenvalue weighted by molar-refractivity contribution is -0.124. The van der Waals surface area contributed by atoms with Gasteiger partial charge in [0, 0.05) is 42.0 Å². The summed E-state index contributed by atoms with van der Waals surface area (Å²) in [6.07, 6.45) is 7.51. The first kappa shape index (κ1) is 16.6. The van der Waals surface area contributed by atoms with Crippen molar-refractivity contribution in [2.75, 3.05) is 26.2 Å². The normalized spacial score (nSPS) is 29.2. The van der Waals surface area contributed by atoms with Gasteiger partial charge in [0.1, 0.15) is 0 Å². The SMILES string of the molecule is O=C1N[C@H]2CCC[C@@H]1CN(Cc1ccc(CN3CCCCC3)s1)C2. The number of amides is 1. The summed E-state index contributed by atoms with van der Waals surface area (Å²) in [6, 6.07) is 4.98. The first-order chi connectivity index (χ1) is 11.8. The lowest BCUT2D eigenvalue weighted by Crippen LogP contribution is -2.38. The van der Waals surface area contributed by atoms with Crippen LogP contribution in [-0.4, -0.2) is 47.9 Å². The van der Waals surface area contributed by atoms with Crippen LogP contribution in [0.2, 0.25) is 0 Å². The minimum Gasteiger partial charge on any atom is -0.352 e. The molecule has 1 amide bonds. The summed E-state index contributed by atoms with van der Waals surface area (Å²) in [6.45, 7) is 6.60. The highest BCUT2D eigenvalue weighted by atomic mass is 32.1. The third-order valence-electron chi connectivity index (χ3n) is 5.70. The van der Waals surface area contributed by atoms with E-state index < -0.39 is 0 Å². The van der Waals surface area contributed by atoms with E-state index in [1.54, 1.807) is 0 Å². The zero-order valence-electron chi connectivity index (χ0n) is 14.5. The van der Waals surface area contributed by atoms with Gasteiger partial charge in [0.2, 0.25) is 5.91 Å². The molecule has 1 aromatic rings. The fraction of sp³-hybridized carbons (Fsp3) is 0.737. The molecule has 0 aromatic carbocycles. The predicted molar refractivity (Wildman–Crippen MR) is 98.0 cm³/mol. The Kier molecular flexibility index (Phi) is 5.20. The zero-order valence-corrected chi connectivity index (χ0v) is 15.3. The van der Waals surface area contributed by atoms with Crippen LogP contribution in [-0.2, 0) is 17.9 Å². The lowest BCUT2D eigenvalue weighted by atomic mass is 9.99. The Balaban J connectivity index is 1.36. The van der Waals surface area contributed by atoms with E-state index in [0.29, 0.717) is 6.04 Å². The van der Waals surface area contributed by atoms with Crippen molar-refractivity contribution in [2.45, 2.75) is 57.7 Å². The van der Waals surface area contributed by atoms with E-state index in [9.17, 15) is 4.79 Å². The first-order valence-corrected chi connectivity index (χ1v) is 10.4. The number of piperidine rings is 1. The number of hydrogen-bond acceptors (Lipinski definition) is 4. The summed E-state index contributed by atoms with van der Waals surface area (Å²) in [5, 5.41) is 3.23. The fourth-order valence-electron chi connectivity index (χ4n) is 4.42. The van der Waals surface area contributed by atoms with Crippen LogP contribution < -0.4 is 5.32 Å². The highest BCUT2D eigenvalue weighted by Crippen LogP contribution is 2.26. The Morgan fingerprint density at radius 2 is 1.71 bits per heavy atom. The van der Waals surface area contributed by atoms with Gasteiger partial charge in [-0.05, 0) is 50.9 Å². The van der Waals surface area contributed by atoms with Crippen LogP contribution in [0.3, 0.4) is 0 Å². The Morgan fingerprint density at radius 3 is 2.50 bits per heavy atom. The molecule has 24 heavy (non-hydrogen) atoms. The van der Waals surface area contributed by atoms with Crippen LogP contribution >= 0.6 is 11.3 Å². The lowest BCUT2D eigenvalue weighted by Gasteiger charge is -2.27. The number of likely N-dealkylation sites (tertiary alicyclic amines) is 2. The fourth-order valence-corrected chi connectivity index (χ4v) is 5.52. The van der Waals surface area contributed by atoms with Crippen LogP contribution in [0, 0.1) is 5.92 Å². The van der Waals surface area contributed by atoms with Crippen molar-refractivity contribution in [3.8, 4) is 0 Å². The molecule has 4 rings (SSSR count). The van der Waals surface area contributed by atoms with E-state index in [4.69, 9.17) is 0 Å². The topological polar surface area (TPSA) is 35.6 Å². The van der Waals surface area contributed by atoms with Gasteiger partial charge in [-0.25, -0.2) is 0 Å². The highest BCUT2D eigenvalue weighted by Gasteiger charge is 2.32. The van der Waals surface area contributed by atoms with Crippen molar-refractivity contribution in [1.82, 2.24) is 15.1 Å². The number of carbonyl (C=O) groups excluding carboxylic acids is 1. The molecular weight excluding hydrogens is 318 g/mol. The van der Waals surface area contributed by atoms with Crippen molar-refractivity contribution in [3.05, 3.63) is 21.9 Å². The summed E-state index contributed by atoms with van der Waals surface area (Å²) in [7, 11) is 0. The van der Waals surface area contributed by atoms with E-state index in [2.05, 4.69) is 27.2 Å². The van der Waals surface area contributed by atoms with Crippen molar-refractivity contribution in [2.24, 2.45) is 5.92 Å². The Morgan fingerprint density at radius 1 is 0.958 bits per heavy atom. The molecule has 2 bridgehead atoms. The van der Waals surface area contributed by atoms with Crippen molar-refractivity contribution in [1.29, 1.82) is 0 Å². The number of thiophene rings is 1. The van der Waals surface area contributed by atoms with Crippen LogP contribution in [0.5, 0.6) is 0 Å². The van der Waals surface area contributed by atoms with E-state index in [1.807, 2.05) is 11.3 Å². The molecule has 0 spiro atoms. The van der Waals surface area contributed by atoms with Gasteiger partial charge in [-0.2, -0.15) is 0 Å². The molecule has 0 aliphatic carbocycles. The van der Waals surface area contributed by atoms with E-state index in [1.165, 1.54) is 48.5 Å². The van der Waals surface area contributed by atoms with Gasteiger partial charge in [-0.1, -0.05) is 12.8 Å². The maximum absolute atomic E-state index is 12.2. The number of hydrogen-bond donors (Lipinski definition) is 1. The molecule has 3 aliphatic heterocycles. The minimum absolute atomic E-state index is 0.199. The third-order valence-corrected chi connectivity index (χ3v) is 6.76. The van der Waals surface area contributed by atoms with Crippen LogP contribution in [0.1, 0.15) is 48.3 Å². The van der Waals surface area contributed by atoms with Gasteiger partial charge in [0.25, 0.3) is 0 Å². The summed E-state index contributed by atoms with van der Waals surface area (Å²) in [5.41, 5.74) is 0. The molecule has 1 N–H and O–H groups in total. The summed E-state index contributed by atoms with van der Waals surface area (Å²) < 4.78 is 0. The van der Waals surface area contributed by atoms with Crippen molar-refractivity contribution in [3.63, 3.8) is 0 Å². The smallest absolute Gasteiger partial charge is 0.224 e. The Labute approximate surface area is 149 Å². The quantitative estimate of drug-likeness (QED) is 0.910. The molecular formula is C19H29N3OS. The molecule has 4 heterocycles. The van der Waals surface area contributed by atoms with Gasteiger partial charge in [-0.3, -0.25) is 14.6 Å². The molecule has 2 atom stereocenters. The number of rotatable bonds is 4. The first-order valence-electron chi connectivity index (χ1n) is 9.59. The van der Waals surface area contributed by atoms with Gasteiger partial charge in [-0.15, -0.1) is 11.3 Å². The molecule has 0 unspecified atom stereocenters. The third kappa shape index (κ3) is 4.01. The Hall–Kier alpha value is -0.910. The largest absolute Gasteiger partial charge is 0.352 e. The van der Waals surface area contributed by atoms with E-state index in [0.717, 1.165) is 39.0 Å². The number of nitrogens with zero attached hydrogens (tertiary/aromatic N) is 2. The molecule has 3 saturated heterocycles. The molecule has 0 radical (unpaired) electrons. The molecule has 3 aliphatic rings. The summed E-state index contributed by atoms with van der Waals surface area (Å²) in [5.74, 6) is 0.488. The second kappa shape index (κ2) is 7.54. The number of nitrogens with one attached hydrogen (secondary N) is 1. The second-order valence-electron chi connectivity index (χ2n) is 7.73. The molecule has 132 valence electrons. The highest BCUT2D eigenvalue weighted by molar-refractivity contribution is 7.11. The summed E-state index contributed by atoms with van der Waals surface area (Å²) >= 11 is 1.97. The maximum atomic E-state index is 12.2. The van der Waals surface area contributed by atoms with Crippen molar-refractivity contribution < 1.29 is 4.79 Å². The Bertz CT molecular complexity index is 567.